The van der Waals surface area contributed by atoms with Crippen LogP contribution in [-0.4, -0.2) is 17.1 Å². The summed E-state index contributed by atoms with van der Waals surface area (Å²) in [6.45, 7) is 7.64. The highest BCUT2D eigenvalue weighted by molar-refractivity contribution is 5.87. The molecule has 0 bridgehead atoms. The van der Waals surface area contributed by atoms with Gasteiger partial charge in [0.25, 0.3) is 0 Å². The molecule has 1 aromatic heterocycles. The number of carboxylic acids is 1. The lowest BCUT2D eigenvalue weighted by molar-refractivity contribution is 0.0696. The molecule has 2 N–H and O–H groups in total. The second-order valence-electron chi connectivity index (χ2n) is 6.88. The second kappa shape index (κ2) is 6.65. The minimum atomic E-state index is -0.938. The van der Waals surface area contributed by atoms with E-state index >= 15 is 0 Å². The van der Waals surface area contributed by atoms with Gasteiger partial charge in [0.1, 0.15) is 12.0 Å². The van der Waals surface area contributed by atoms with Crippen molar-refractivity contribution in [3.05, 3.63) is 23.7 Å². The van der Waals surface area contributed by atoms with Crippen molar-refractivity contribution in [1.29, 1.82) is 0 Å². The van der Waals surface area contributed by atoms with Crippen LogP contribution >= 0.6 is 0 Å². The number of carbonyl (C=O) groups is 1. The molecule has 1 saturated carbocycles. The number of carboxylic acid groups (broad SMARTS) is 1. The third kappa shape index (κ3) is 4.10. The molecule has 4 nitrogen and oxygen atoms in total. The highest BCUT2D eigenvalue weighted by atomic mass is 16.4. The zero-order valence-electron chi connectivity index (χ0n) is 13.3. The first-order valence-corrected chi connectivity index (χ1v) is 7.96. The van der Waals surface area contributed by atoms with Crippen molar-refractivity contribution in [3.8, 4) is 0 Å². The summed E-state index contributed by atoms with van der Waals surface area (Å²) < 4.78 is 5.27. The van der Waals surface area contributed by atoms with E-state index in [1.54, 1.807) is 6.07 Å². The molecule has 4 heteroatoms. The van der Waals surface area contributed by atoms with E-state index in [4.69, 9.17) is 9.52 Å². The number of hydrogen-bond acceptors (Lipinski definition) is 3. The molecular weight excluding hydrogens is 266 g/mol. The molecule has 0 radical (unpaired) electrons. The SMILES string of the molecule is CCC(C)(C)C1CCC(NCc2cc(C(=O)O)co2)CC1. The number of furan rings is 1. The van der Waals surface area contributed by atoms with Gasteiger partial charge in [0, 0.05) is 6.04 Å². The van der Waals surface area contributed by atoms with E-state index in [1.165, 1.54) is 38.4 Å². The maximum Gasteiger partial charge on any atom is 0.338 e. The fourth-order valence-electron chi connectivity index (χ4n) is 3.20. The third-order valence-electron chi connectivity index (χ3n) is 5.21. The van der Waals surface area contributed by atoms with Crippen LogP contribution in [0.1, 0.15) is 69.0 Å². The Labute approximate surface area is 126 Å². The first-order chi connectivity index (χ1) is 9.92. The molecule has 0 spiro atoms. The number of hydrogen-bond donors (Lipinski definition) is 2. The highest BCUT2D eigenvalue weighted by Gasteiger charge is 2.31. The maximum absolute atomic E-state index is 10.8. The molecule has 1 aliphatic carbocycles. The molecule has 0 amide bonds. The van der Waals surface area contributed by atoms with Crippen LogP contribution in [0.3, 0.4) is 0 Å². The Morgan fingerprint density at radius 2 is 2.05 bits per heavy atom. The van der Waals surface area contributed by atoms with Crippen molar-refractivity contribution in [2.75, 3.05) is 0 Å². The lowest BCUT2D eigenvalue weighted by atomic mass is 9.69. The minimum Gasteiger partial charge on any atom is -0.478 e. The van der Waals surface area contributed by atoms with Crippen molar-refractivity contribution >= 4 is 5.97 Å². The molecule has 21 heavy (non-hydrogen) atoms. The Morgan fingerprint density at radius 1 is 1.38 bits per heavy atom. The predicted octanol–water partition coefficient (Wildman–Crippen LogP) is 4.06. The molecule has 0 unspecified atom stereocenters. The zero-order chi connectivity index (χ0) is 15.5. The second-order valence-corrected chi connectivity index (χ2v) is 6.88. The minimum absolute atomic E-state index is 0.222. The number of rotatable bonds is 6. The van der Waals surface area contributed by atoms with Gasteiger partial charge in [-0.1, -0.05) is 27.2 Å². The van der Waals surface area contributed by atoms with Crippen LogP contribution in [-0.2, 0) is 6.54 Å². The van der Waals surface area contributed by atoms with Crippen molar-refractivity contribution in [2.24, 2.45) is 11.3 Å². The van der Waals surface area contributed by atoms with Gasteiger partial charge < -0.3 is 14.8 Å². The van der Waals surface area contributed by atoms with E-state index in [2.05, 4.69) is 26.1 Å². The van der Waals surface area contributed by atoms with Gasteiger partial charge in [-0.15, -0.1) is 0 Å². The first kappa shape index (κ1) is 16.1. The van der Waals surface area contributed by atoms with Gasteiger partial charge in [-0.2, -0.15) is 0 Å². The fourth-order valence-corrected chi connectivity index (χ4v) is 3.20. The van der Waals surface area contributed by atoms with Gasteiger partial charge in [-0.25, -0.2) is 4.79 Å². The molecular formula is C17H27NO3. The summed E-state index contributed by atoms with van der Waals surface area (Å²) in [5.41, 5.74) is 0.669. The lowest BCUT2D eigenvalue weighted by Gasteiger charge is -2.39. The standard InChI is InChI=1S/C17H27NO3/c1-4-17(2,3)13-5-7-14(8-6-13)18-10-15-9-12(11-21-15)16(19)20/h9,11,13-14,18H,4-8,10H2,1-3H3,(H,19,20). The molecule has 1 fully saturated rings. The normalized spacial score (nSPS) is 23.2. The number of nitrogens with one attached hydrogen (secondary N) is 1. The Balaban J connectivity index is 1.77. The summed E-state index contributed by atoms with van der Waals surface area (Å²) in [6, 6.07) is 2.12. The maximum atomic E-state index is 10.8. The largest absolute Gasteiger partial charge is 0.478 e. The smallest absolute Gasteiger partial charge is 0.338 e. The van der Waals surface area contributed by atoms with E-state index in [9.17, 15) is 4.79 Å². The van der Waals surface area contributed by atoms with Gasteiger partial charge >= 0.3 is 5.97 Å². The molecule has 2 rings (SSSR count). The van der Waals surface area contributed by atoms with Crippen LogP contribution in [0.5, 0.6) is 0 Å². The Kier molecular flexibility index (Phi) is 5.09. The van der Waals surface area contributed by atoms with Crippen molar-refractivity contribution in [2.45, 2.75) is 65.5 Å². The van der Waals surface area contributed by atoms with Crippen LogP contribution in [0.25, 0.3) is 0 Å². The molecule has 0 aliphatic heterocycles. The van der Waals surface area contributed by atoms with Gasteiger partial charge in [0.2, 0.25) is 0 Å². The van der Waals surface area contributed by atoms with Crippen LogP contribution < -0.4 is 5.32 Å². The van der Waals surface area contributed by atoms with E-state index in [0.717, 1.165) is 5.92 Å². The number of aromatic carboxylic acids is 1. The molecule has 1 aromatic rings. The van der Waals surface area contributed by atoms with E-state index in [0.29, 0.717) is 23.8 Å². The molecule has 1 heterocycles. The summed E-state index contributed by atoms with van der Waals surface area (Å²) in [6.07, 6.45) is 7.48. The van der Waals surface area contributed by atoms with E-state index in [-0.39, 0.29) is 5.56 Å². The first-order valence-electron chi connectivity index (χ1n) is 7.96. The van der Waals surface area contributed by atoms with Crippen LogP contribution in [0, 0.1) is 11.3 Å². The van der Waals surface area contributed by atoms with Crippen molar-refractivity contribution in [1.82, 2.24) is 5.32 Å². The van der Waals surface area contributed by atoms with Crippen LogP contribution in [0.2, 0.25) is 0 Å². The highest BCUT2D eigenvalue weighted by Crippen LogP contribution is 2.40. The van der Waals surface area contributed by atoms with Gasteiger partial charge in [0.05, 0.1) is 12.1 Å². The Hall–Kier alpha value is -1.29. The summed E-state index contributed by atoms with van der Waals surface area (Å²) in [5, 5.41) is 12.4. The fraction of sp³-hybridized carbons (Fsp3) is 0.706. The third-order valence-corrected chi connectivity index (χ3v) is 5.21. The van der Waals surface area contributed by atoms with Gasteiger partial charge in [0.15, 0.2) is 0 Å². The summed E-state index contributed by atoms with van der Waals surface area (Å²) in [7, 11) is 0. The van der Waals surface area contributed by atoms with Gasteiger partial charge in [-0.3, -0.25) is 0 Å². The topological polar surface area (TPSA) is 62.5 Å². The Morgan fingerprint density at radius 3 is 2.57 bits per heavy atom. The van der Waals surface area contributed by atoms with Crippen molar-refractivity contribution in [3.63, 3.8) is 0 Å². The molecule has 0 saturated heterocycles. The van der Waals surface area contributed by atoms with Gasteiger partial charge in [-0.05, 0) is 43.1 Å². The molecule has 118 valence electrons. The quantitative estimate of drug-likeness (QED) is 0.830. The van der Waals surface area contributed by atoms with E-state index < -0.39 is 5.97 Å². The summed E-state index contributed by atoms with van der Waals surface area (Å²) >= 11 is 0. The molecule has 0 aromatic carbocycles. The summed E-state index contributed by atoms with van der Waals surface area (Å²) in [5.74, 6) is 0.582. The van der Waals surface area contributed by atoms with Crippen molar-refractivity contribution < 1.29 is 14.3 Å². The molecule has 0 atom stereocenters. The zero-order valence-corrected chi connectivity index (χ0v) is 13.3. The van der Waals surface area contributed by atoms with E-state index in [1.807, 2.05) is 0 Å². The Bertz CT molecular complexity index is 470. The predicted molar refractivity (Wildman–Crippen MR) is 82.3 cm³/mol. The van der Waals surface area contributed by atoms with Crippen LogP contribution in [0.4, 0.5) is 0 Å². The molecule has 1 aliphatic rings. The lowest BCUT2D eigenvalue weighted by Crippen LogP contribution is -2.36. The monoisotopic (exact) mass is 293 g/mol. The average Bonchev–Trinajstić information content (AvgIpc) is 2.95. The average molecular weight is 293 g/mol. The summed E-state index contributed by atoms with van der Waals surface area (Å²) in [4.78, 5) is 10.8. The van der Waals surface area contributed by atoms with Crippen LogP contribution in [0.15, 0.2) is 16.7 Å².